The van der Waals surface area contributed by atoms with Gasteiger partial charge in [-0.3, -0.25) is 0 Å². The van der Waals surface area contributed by atoms with Gasteiger partial charge in [0.25, 0.3) is 0 Å². The summed E-state index contributed by atoms with van der Waals surface area (Å²) in [6, 6.07) is 14.5. The molecule has 3 rings (SSSR count). The molecule has 0 saturated carbocycles. The molecule has 0 aliphatic carbocycles. The van der Waals surface area contributed by atoms with E-state index in [1.807, 2.05) is 12.1 Å². The van der Waals surface area contributed by atoms with E-state index in [-0.39, 0.29) is 0 Å². The van der Waals surface area contributed by atoms with Crippen molar-refractivity contribution in [1.29, 1.82) is 0 Å². The number of nitrogens with zero attached hydrogens (tertiary/aromatic N) is 1. The number of hydrogen-bond acceptors (Lipinski definition) is 2. The van der Waals surface area contributed by atoms with E-state index in [1.165, 1.54) is 11.1 Å². The molecule has 0 spiro atoms. The molecule has 1 heterocycles. The van der Waals surface area contributed by atoms with Crippen molar-refractivity contribution >= 4 is 11.4 Å². The third kappa shape index (κ3) is 2.02. The highest BCUT2D eigenvalue weighted by molar-refractivity contribution is 6.04. The molecular weight excluding hydrogens is 222 g/mol. The standard InChI is InChI=1S/C16H15NO/c1-11-3-6-13(7-4-11)15-10-18-16-9-12(2)5-8-14(16)17-15/h3-9H,10H2,1-2H3. The maximum Gasteiger partial charge on any atom is 0.145 e. The van der Waals surface area contributed by atoms with E-state index in [0.29, 0.717) is 6.61 Å². The second-order valence-corrected chi connectivity index (χ2v) is 4.68. The minimum atomic E-state index is 0.541. The summed E-state index contributed by atoms with van der Waals surface area (Å²) in [5, 5.41) is 0. The van der Waals surface area contributed by atoms with Crippen molar-refractivity contribution in [1.82, 2.24) is 0 Å². The highest BCUT2D eigenvalue weighted by atomic mass is 16.5. The second kappa shape index (κ2) is 4.30. The Morgan fingerprint density at radius 3 is 2.44 bits per heavy atom. The van der Waals surface area contributed by atoms with Gasteiger partial charge in [-0.15, -0.1) is 0 Å². The largest absolute Gasteiger partial charge is 0.485 e. The molecule has 2 nitrogen and oxygen atoms in total. The fourth-order valence-corrected chi connectivity index (χ4v) is 2.05. The Morgan fingerprint density at radius 2 is 1.67 bits per heavy atom. The predicted molar refractivity (Wildman–Crippen MR) is 74.1 cm³/mol. The van der Waals surface area contributed by atoms with Crippen LogP contribution >= 0.6 is 0 Å². The van der Waals surface area contributed by atoms with Crippen molar-refractivity contribution < 1.29 is 4.74 Å². The van der Waals surface area contributed by atoms with Gasteiger partial charge in [-0.25, -0.2) is 4.99 Å². The van der Waals surface area contributed by atoms with Crippen molar-refractivity contribution in [3.63, 3.8) is 0 Å². The summed E-state index contributed by atoms with van der Waals surface area (Å²) >= 11 is 0. The lowest BCUT2D eigenvalue weighted by molar-refractivity contribution is 0.372. The number of aryl methyl sites for hydroxylation is 2. The summed E-state index contributed by atoms with van der Waals surface area (Å²) in [5.74, 6) is 0.880. The van der Waals surface area contributed by atoms with Gasteiger partial charge in [0.2, 0.25) is 0 Å². The van der Waals surface area contributed by atoms with Gasteiger partial charge < -0.3 is 4.74 Å². The van der Waals surface area contributed by atoms with Crippen molar-refractivity contribution in [3.05, 3.63) is 59.2 Å². The molecule has 0 amide bonds. The molecule has 0 N–H and O–H groups in total. The van der Waals surface area contributed by atoms with E-state index in [4.69, 9.17) is 4.74 Å². The van der Waals surface area contributed by atoms with Crippen LogP contribution in [0.1, 0.15) is 16.7 Å². The van der Waals surface area contributed by atoms with Crippen LogP contribution in [0.3, 0.4) is 0 Å². The zero-order chi connectivity index (χ0) is 12.5. The predicted octanol–water partition coefficient (Wildman–Crippen LogP) is 3.82. The van der Waals surface area contributed by atoms with Gasteiger partial charge >= 0.3 is 0 Å². The van der Waals surface area contributed by atoms with Crippen molar-refractivity contribution in [3.8, 4) is 5.75 Å². The van der Waals surface area contributed by atoms with Crippen LogP contribution < -0.4 is 4.74 Å². The smallest absolute Gasteiger partial charge is 0.145 e. The fourth-order valence-electron chi connectivity index (χ4n) is 2.05. The average molecular weight is 237 g/mol. The SMILES string of the molecule is Cc1ccc(C2=Nc3ccc(C)cc3OC2)cc1. The average Bonchev–Trinajstić information content (AvgIpc) is 2.39. The Labute approximate surface area is 107 Å². The van der Waals surface area contributed by atoms with E-state index in [1.54, 1.807) is 0 Å². The first-order chi connectivity index (χ1) is 8.72. The van der Waals surface area contributed by atoms with Crippen molar-refractivity contribution in [2.75, 3.05) is 6.61 Å². The zero-order valence-corrected chi connectivity index (χ0v) is 10.6. The van der Waals surface area contributed by atoms with Gasteiger partial charge in [-0.2, -0.15) is 0 Å². The van der Waals surface area contributed by atoms with Crippen LogP contribution in [0.4, 0.5) is 5.69 Å². The second-order valence-electron chi connectivity index (χ2n) is 4.68. The zero-order valence-electron chi connectivity index (χ0n) is 10.6. The summed E-state index contributed by atoms with van der Waals surface area (Å²) in [4.78, 5) is 4.68. The molecule has 2 aromatic carbocycles. The van der Waals surface area contributed by atoms with Crippen LogP contribution in [0.2, 0.25) is 0 Å². The van der Waals surface area contributed by atoms with Crippen LogP contribution in [0.5, 0.6) is 5.75 Å². The van der Waals surface area contributed by atoms with E-state index >= 15 is 0 Å². The van der Waals surface area contributed by atoms with Crippen molar-refractivity contribution in [2.45, 2.75) is 13.8 Å². The summed E-state index contributed by atoms with van der Waals surface area (Å²) in [6.07, 6.45) is 0. The first kappa shape index (κ1) is 11.0. The molecule has 1 aliphatic rings. The number of fused-ring (bicyclic) bond motifs is 1. The highest BCUT2D eigenvalue weighted by Crippen LogP contribution is 2.32. The molecule has 0 unspecified atom stereocenters. The minimum absolute atomic E-state index is 0.541. The Morgan fingerprint density at radius 1 is 0.944 bits per heavy atom. The van der Waals surface area contributed by atoms with Gasteiger partial charge in [-0.1, -0.05) is 35.9 Å². The molecule has 18 heavy (non-hydrogen) atoms. The monoisotopic (exact) mass is 237 g/mol. The normalized spacial score (nSPS) is 13.6. The third-order valence-corrected chi connectivity index (χ3v) is 3.12. The molecule has 2 heteroatoms. The summed E-state index contributed by atoms with van der Waals surface area (Å²) in [6.45, 7) is 4.68. The molecule has 0 radical (unpaired) electrons. The summed E-state index contributed by atoms with van der Waals surface area (Å²) in [5.41, 5.74) is 5.50. The van der Waals surface area contributed by atoms with E-state index in [2.05, 4.69) is 49.2 Å². The lowest BCUT2D eigenvalue weighted by atomic mass is 10.1. The Hall–Kier alpha value is -2.09. The lowest BCUT2D eigenvalue weighted by Gasteiger charge is -2.17. The Bertz CT molecular complexity index is 611. The van der Waals surface area contributed by atoms with E-state index < -0.39 is 0 Å². The van der Waals surface area contributed by atoms with Crippen LogP contribution in [0.25, 0.3) is 0 Å². The number of hydrogen-bond donors (Lipinski definition) is 0. The molecule has 1 aliphatic heterocycles. The molecular formula is C16H15NO. The Kier molecular flexibility index (Phi) is 2.63. The van der Waals surface area contributed by atoms with Gasteiger partial charge in [-0.05, 0) is 37.1 Å². The molecule has 2 aromatic rings. The topological polar surface area (TPSA) is 21.6 Å². The summed E-state index contributed by atoms with van der Waals surface area (Å²) in [7, 11) is 0. The molecule has 0 saturated heterocycles. The number of benzene rings is 2. The van der Waals surface area contributed by atoms with Crippen LogP contribution in [0.15, 0.2) is 47.5 Å². The maximum absolute atomic E-state index is 5.77. The highest BCUT2D eigenvalue weighted by Gasteiger charge is 2.14. The molecule has 0 bridgehead atoms. The molecule has 0 fully saturated rings. The quantitative estimate of drug-likeness (QED) is 0.739. The Balaban J connectivity index is 2.00. The van der Waals surface area contributed by atoms with E-state index in [9.17, 15) is 0 Å². The van der Waals surface area contributed by atoms with Crippen LogP contribution in [-0.2, 0) is 0 Å². The fraction of sp³-hybridized carbons (Fsp3) is 0.188. The van der Waals surface area contributed by atoms with Gasteiger partial charge in [0.15, 0.2) is 0 Å². The molecule has 0 aromatic heterocycles. The molecule has 90 valence electrons. The number of aliphatic imine (C=N–C) groups is 1. The maximum atomic E-state index is 5.77. The number of rotatable bonds is 1. The minimum Gasteiger partial charge on any atom is -0.485 e. The van der Waals surface area contributed by atoms with Gasteiger partial charge in [0.1, 0.15) is 18.0 Å². The third-order valence-electron chi connectivity index (χ3n) is 3.12. The van der Waals surface area contributed by atoms with Crippen molar-refractivity contribution in [2.24, 2.45) is 4.99 Å². The lowest BCUT2D eigenvalue weighted by Crippen LogP contribution is -2.16. The van der Waals surface area contributed by atoms with Gasteiger partial charge in [0, 0.05) is 0 Å². The number of ether oxygens (including phenoxy) is 1. The van der Waals surface area contributed by atoms with E-state index in [0.717, 1.165) is 22.7 Å². The van der Waals surface area contributed by atoms with Gasteiger partial charge in [0.05, 0.1) is 5.71 Å². The first-order valence-corrected chi connectivity index (χ1v) is 6.10. The van der Waals surface area contributed by atoms with Crippen LogP contribution in [0, 0.1) is 13.8 Å². The van der Waals surface area contributed by atoms with Crippen LogP contribution in [-0.4, -0.2) is 12.3 Å². The molecule has 0 atom stereocenters. The first-order valence-electron chi connectivity index (χ1n) is 6.10. The summed E-state index contributed by atoms with van der Waals surface area (Å²) < 4.78 is 5.77.